The van der Waals surface area contributed by atoms with E-state index in [4.69, 9.17) is 0 Å². The molecule has 0 spiro atoms. The molecule has 3 rings (SSSR count). The number of hydrogen-bond acceptors (Lipinski definition) is 5. The van der Waals surface area contributed by atoms with E-state index in [2.05, 4.69) is 25.5 Å². The number of aryl methyl sites for hydroxylation is 2. The summed E-state index contributed by atoms with van der Waals surface area (Å²) in [6.45, 7) is 4.05. The fourth-order valence-corrected chi connectivity index (χ4v) is 3.27. The molecule has 0 fully saturated rings. The van der Waals surface area contributed by atoms with Crippen LogP contribution in [0.2, 0.25) is 0 Å². The van der Waals surface area contributed by atoms with Gasteiger partial charge in [-0.05, 0) is 35.7 Å². The van der Waals surface area contributed by atoms with Gasteiger partial charge in [0, 0.05) is 18.8 Å². The van der Waals surface area contributed by atoms with Crippen molar-refractivity contribution >= 4 is 17.7 Å². The third-order valence-electron chi connectivity index (χ3n) is 4.02. The monoisotopic (exact) mass is 367 g/mol. The minimum absolute atomic E-state index is 0.0667. The van der Waals surface area contributed by atoms with Gasteiger partial charge in [0.15, 0.2) is 0 Å². The molecule has 6 nitrogen and oxygen atoms in total. The number of H-pyrrole nitrogens is 1. The zero-order valence-electron chi connectivity index (χ0n) is 14.8. The van der Waals surface area contributed by atoms with Crippen LogP contribution in [0.3, 0.4) is 0 Å². The van der Waals surface area contributed by atoms with Crippen LogP contribution in [-0.2, 0) is 11.2 Å². The molecule has 0 saturated heterocycles. The molecule has 0 bridgehead atoms. The van der Waals surface area contributed by atoms with E-state index in [9.17, 15) is 4.79 Å². The minimum Gasteiger partial charge on any atom is -0.344 e. The smallest absolute Gasteiger partial charge is 0.231 e. The standard InChI is InChI=1S/C19H21N5OS/c1-3-16-21-19(24-23-16)26-12-17(25)22-18(14-8-10-20-11-9-14)15-7-5-4-6-13(15)2/h4-11,18H,3,12H2,1-2H3,(H,22,25)(H,21,23,24)/t18-/m1/s1. The van der Waals surface area contributed by atoms with Gasteiger partial charge in [-0.3, -0.25) is 14.9 Å². The number of carbonyl (C=O) groups is 1. The highest BCUT2D eigenvalue weighted by atomic mass is 32.2. The second-order valence-corrected chi connectivity index (χ2v) is 6.79. The lowest BCUT2D eigenvalue weighted by Crippen LogP contribution is -2.31. The molecule has 2 heterocycles. The van der Waals surface area contributed by atoms with Crippen LogP contribution >= 0.6 is 11.8 Å². The largest absolute Gasteiger partial charge is 0.344 e. The lowest BCUT2D eigenvalue weighted by molar-refractivity contribution is -0.119. The van der Waals surface area contributed by atoms with E-state index in [1.165, 1.54) is 11.8 Å². The first kappa shape index (κ1) is 18.1. The highest BCUT2D eigenvalue weighted by molar-refractivity contribution is 7.99. The van der Waals surface area contributed by atoms with Gasteiger partial charge >= 0.3 is 0 Å². The molecule has 1 aromatic carbocycles. The SMILES string of the molecule is CCc1nc(SCC(=O)N[C@H](c2ccncc2)c2ccccc2C)n[nH]1. The zero-order valence-corrected chi connectivity index (χ0v) is 15.6. The Labute approximate surface area is 156 Å². The maximum atomic E-state index is 12.5. The molecule has 0 aliphatic rings. The molecule has 3 aromatic rings. The van der Waals surface area contributed by atoms with E-state index >= 15 is 0 Å². The highest BCUT2D eigenvalue weighted by Crippen LogP contribution is 2.25. The predicted molar refractivity (Wildman–Crippen MR) is 102 cm³/mol. The van der Waals surface area contributed by atoms with Crippen LogP contribution in [0, 0.1) is 6.92 Å². The minimum atomic E-state index is -0.217. The summed E-state index contributed by atoms with van der Waals surface area (Å²) in [5.41, 5.74) is 3.20. The van der Waals surface area contributed by atoms with Crippen molar-refractivity contribution < 1.29 is 4.79 Å². The first-order valence-electron chi connectivity index (χ1n) is 8.46. The first-order valence-corrected chi connectivity index (χ1v) is 9.44. The van der Waals surface area contributed by atoms with E-state index in [0.717, 1.165) is 28.9 Å². The van der Waals surface area contributed by atoms with Crippen molar-refractivity contribution in [3.05, 3.63) is 71.3 Å². The number of pyridine rings is 1. The number of aromatic nitrogens is 4. The lowest BCUT2D eigenvalue weighted by atomic mass is 9.95. The number of amides is 1. The molecule has 2 N–H and O–H groups in total. The van der Waals surface area contributed by atoms with Crippen molar-refractivity contribution in [2.75, 3.05) is 5.75 Å². The lowest BCUT2D eigenvalue weighted by Gasteiger charge is -2.21. The van der Waals surface area contributed by atoms with Crippen LogP contribution in [-0.4, -0.2) is 31.8 Å². The molecule has 1 amide bonds. The number of aromatic amines is 1. The molecule has 2 aromatic heterocycles. The molecule has 0 aliphatic carbocycles. The van der Waals surface area contributed by atoms with Crippen molar-refractivity contribution in [3.63, 3.8) is 0 Å². The molecule has 0 saturated carbocycles. The number of nitrogens with one attached hydrogen (secondary N) is 2. The molecule has 134 valence electrons. The number of benzene rings is 1. The van der Waals surface area contributed by atoms with Gasteiger partial charge in [0.1, 0.15) is 5.82 Å². The van der Waals surface area contributed by atoms with E-state index in [1.807, 2.05) is 50.2 Å². The van der Waals surface area contributed by atoms with Crippen molar-refractivity contribution in [1.29, 1.82) is 0 Å². The normalized spacial score (nSPS) is 11.9. The number of thioether (sulfide) groups is 1. The Morgan fingerprint density at radius 3 is 2.69 bits per heavy atom. The van der Waals surface area contributed by atoms with Crippen LogP contribution in [0.15, 0.2) is 53.9 Å². The second-order valence-electron chi connectivity index (χ2n) is 5.84. The van der Waals surface area contributed by atoms with Crippen LogP contribution in [0.25, 0.3) is 0 Å². The Bertz CT molecular complexity index is 865. The van der Waals surface area contributed by atoms with Gasteiger partial charge in [0.05, 0.1) is 11.8 Å². The van der Waals surface area contributed by atoms with E-state index in [-0.39, 0.29) is 17.7 Å². The number of rotatable bonds is 7. The Morgan fingerprint density at radius 1 is 1.23 bits per heavy atom. The summed E-state index contributed by atoms with van der Waals surface area (Å²) in [6.07, 6.45) is 4.26. The molecule has 1 atom stereocenters. The fourth-order valence-electron chi connectivity index (χ4n) is 2.64. The summed E-state index contributed by atoms with van der Waals surface area (Å²) < 4.78 is 0. The maximum absolute atomic E-state index is 12.5. The summed E-state index contributed by atoms with van der Waals surface area (Å²) >= 11 is 1.32. The molecule has 0 radical (unpaired) electrons. The van der Waals surface area contributed by atoms with Crippen molar-refractivity contribution in [2.45, 2.75) is 31.5 Å². The van der Waals surface area contributed by atoms with Gasteiger partial charge in [-0.15, -0.1) is 5.10 Å². The summed E-state index contributed by atoms with van der Waals surface area (Å²) in [5.74, 6) is 1.01. The maximum Gasteiger partial charge on any atom is 0.231 e. The van der Waals surface area contributed by atoms with Gasteiger partial charge in [-0.2, -0.15) is 0 Å². The van der Waals surface area contributed by atoms with Crippen molar-refractivity contribution in [1.82, 2.24) is 25.5 Å². The topological polar surface area (TPSA) is 83.6 Å². The summed E-state index contributed by atoms with van der Waals surface area (Å²) in [7, 11) is 0. The third kappa shape index (κ3) is 4.49. The van der Waals surface area contributed by atoms with E-state index < -0.39 is 0 Å². The molecule has 0 aliphatic heterocycles. The fraction of sp³-hybridized carbons (Fsp3) is 0.263. The van der Waals surface area contributed by atoms with Crippen molar-refractivity contribution in [3.8, 4) is 0 Å². The molecular weight excluding hydrogens is 346 g/mol. The van der Waals surface area contributed by atoms with Gasteiger partial charge < -0.3 is 5.32 Å². The Morgan fingerprint density at radius 2 is 2.00 bits per heavy atom. The van der Waals surface area contributed by atoms with Crippen LogP contribution in [0.5, 0.6) is 0 Å². The van der Waals surface area contributed by atoms with Crippen LogP contribution in [0.1, 0.15) is 35.5 Å². The Balaban J connectivity index is 1.73. The highest BCUT2D eigenvalue weighted by Gasteiger charge is 2.19. The number of hydrogen-bond donors (Lipinski definition) is 2. The average molecular weight is 367 g/mol. The quantitative estimate of drug-likeness (QED) is 0.627. The predicted octanol–water partition coefficient (Wildman–Crippen LogP) is 3.07. The van der Waals surface area contributed by atoms with Crippen molar-refractivity contribution in [2.24, 2.45) is 0 Å². The summed E-state index contributed by atoms with van der Waals surface area (Å²) in [6, 6.07) is 11.7. The first-order chi connectivity index (χ1) is 12.7. The van der Waals surface area contributed by atoms with Gasteiger partial charge in [-0.1, -0.05) is 43.0 Å². The van der Waals surface area contributed by atoms with E-state index in [1.54, 1.807) is 12.4 Å². The number of nitrogens with zero attached hydrogens (tertiary/aromatic N) is 3. The summed E-state index contributed by atoms with van der Waals surface area (Å²) in [5, 5.41) is 10.7. The average Bonchev–Trinajstić information content (AvgIpc) is 3.14. The number of carbonyl (C=O) groups excluding carboxylic acids is 1. The summed E-state index contributed by atoms with van der Waals surface area (Å²) in [4.78, 5) is 20.9. The molecule has 26 heavy (non-hydrogen) atoms. The Hall–Kier alpha value is -2.67. The molecule has 0 unspecified atom stereocenters. The van der Waals surface area contributed by atoms with Gasteiger partial charge in [-0.25, -0.2) is 4.98 Å². The van der Waals surface area contributed by atoms with Gasteiger partial charge in [0.2, 0.25) is 11.1 Å². The molecule has 7 heteroatoms. The van der Waals surface area contributed by atoms with Crippen LogP contribution < -0.4 is 5.32 Å². The molecular formula is C19H21N5OS. The van der Waals surface area contributed by atoms with E-state index in [0.29, 0.717) is 5.16 Å². The van der Waals surface area contributed by atoms with Gasteiger partial charge in [0.25, 0.3) is 0 Å². The third-order valence-corrected chi connectivity index (χ3v) is 4.87. The zero-order chi connectivity index (χ0) is 18.4. The Kier molecular flexibility index (Phi) is 6.01. The second kappa shape index (κ2) is 8.62. The van der Waals surface area contributed by atoms with Crippen LogP contribution in [0.4, 0.5) is 0 Å².